The van der Waals surface area contributed by atoms with Crippen LogP contribution in [0.3, 0.4) is 0 Å². The number of nitrogens with zero attached hydrogens (tertiary/aromatic N) is 1. The molecule has 3 nitrogen and oxygen atoms in total. The first-order valence-electron chi connectivity index (χ1n) is 5.19. The quantitative estimate of drug-likeness (QED) is 0.741. The predicted octanol–water partition coefficient (Wildman–Crippen LogP) is 1.99. The monoisotopic (exact) mass is 217 g/mol. The van der Waals surface area contributed by atoms with Crippen molar-refractivity contribution >= 4 is 11.7 Å². The fourth-order valence-corrected chi connectivity index (χ4v) is 1.47. The third-order valence-corrected chi connectivity index (χ3v) is 2.22. The van der Waals surface area contributed by atoms with Gasteiger partial charge in [-0.25, -0.2) is 0 Å². The molecule has 0 fully saturated rings. The van der Waals surface area contributed by atoms with Gasteiger partial charge >= 0.3 is 5.97 Å². The van der Waals surface area contributed by atoms with Gasteiger partial charge in [-0.05, 0) is 18.6 Å². The van der Waals surface area contributed by atoms with Crippen molar-refractivity contribution in [3.8, 4) is 12.3 Å². The van der Waals surface area contributed by atoms with Crippen molar-refractivity contribution in [3.05, 3.63) is 30.3 Å². The second-order valence-corrected chi connectivity index (χ2v) is 3.46. The lowest BCUT2D eigenvalue weighted by molar-refractivity contribution is -0.137. The summed E-state index contributed by atoms with van der Waals surface area (Å²) >= 11 is 0. The molecule has 0 bridgehead atoms. The molecule has 16 heavy (non-hydrogen) atoms. The molecule has 1 aromatic carbocycles. The van der Waals surface area contributed by atoms with Gasteiger partial charge in [-0.1, -0.05) is 24.1 Å². The molecular formula is C13H15NO2. The minimum Gasteiger partial charge on any atom is -0.481 e. The van der Waals surface area contributed by atoms with Gasteiger partial charge in [-0.15, -0.1) is 6.42 Å². The average Bonchev–Trinajstić information content (AvgIpc) is 2.29. The standard InChI is InChI=1S/C13H15NO2/c1-2-10-14(11-6-9-13(15)16)12-7-4-3-5-8-12/h1,3-5,7-8H,6,9-11H2,(H,15,16). The summed E-state index contributed by atoms with van der Waals surface area (Å²) in [6.45, 7) is 1.17. The highest BCUT2D eigenvalue weighted by molar-refractivity contribution is 5.66. The number of aliphatic carboxylic acids is 1. The normalized spacial score (nSPS) is 9.44. The van der Waals surface area contributed by atoms with Crippen LogP contribution in [0, 0.1) is 12.3 Å². The lowest BCUT2D eigenvalue weighted by Crippen LogP contribution is -2.25. The van der Waals surface area contributed by atoms with Crippen LogP contribution >= 0.6 is 0 Å². The summed E-state index contributed by atoms with van der Waals surface area (Å²) in [4.78, 5) is 12.4. The van der Waals surface area contributed by atoms with Gasteiger partial charge in [-0.2, -0.15) is 0 Å². The van der Waals surface area contributed by atoms with E-state index in [1.165, 1.54) is 0 Å². The van der Waals surface area contributed by atoms with Crippen molar-refractivity contribution in [1.29, 1.82) is 0 Å². The van der Waals surface area contributed by atoms with E-state index in [-0.39, 0.29) is 6.42 Å². The van der Waals surface area contributed by atoms with E-state index in [0.29, 0.717) is 19.5 Å². The Labute approximate surface area is 95.7 Å². The lowest BCUT2D eigenvalue weighted by atomic mass is 10.2. The number of benzene rings is 1. The number of carboxylic acid groups (broad SMARTS) is 1. The van der Waals surface area contributed by atoms with E-state index in [9.17, 15) is 4.79 Å². The highest BCUT2D eigenvalue weighted by Crippen LogP contribution is 2.13. The molecule has 0 amide bonds. The zero-order valence-electron chi connectivity index (χ0n) is 9.10. The van der Waals surface area contributed by atoms with Gasteiger partial charge in [0.15, 0.2) is 0 Å². The smallest absolute Gasteiger partial charge is 0.303 e. The second kappa shape index (κ2) is 6.52. The van der Waals surface area contributed by atoms with E-state index in [0.717, 1.165) is 5.69 Å². The van der Waals surface area contributed by atoms with Gasteiger partial charge in [0.1, 0.15) is 0 Å². The summed E-state index contributed by atoms with van der Waals surface area (Å²) in [5.41, 5.74) is 1.03. The third-order valence-electron chi connectivity index (χ3n) is 2.22. The van der Waals surface area contributed by atoms with E-state index < -0.39 is 5.97 Å². The van der Waals surface area contributed by atoms with Crippen LogP contribution in [0.4, 0.5) is 5.69 Å². The van der Waals surface area contributed by atoms with Crippen LogP contribution in [0.5, 0.6) is 0 Å². The van der Waals surface area contributed by atoms with E-state index >= 15 is 0 Å². The minimum atomic E-state index is -0.770. The van der Waals surface area contributed by atoms with Crippen LogP contribution in [-0.4, -0.2) is 24.2 Å². The molecule has 0 unspecified atom stereocenters. The Bertz CT molecular complexity index is 367. The molecule has 1 rings (SSSR count). The van der Waals surface area contributed by atoms with Gasteiger partial charge in [0.2, 0.25) is 0 Å². The SMILES string of the molecule is C#CCN(CCCC(=O)O)c1ccccc1. The zero-order valence-corrected chi connectivity index (χ0v) is 9.10. The number of hydrogen-bond donors (Lipinski definition) is 1. The van der Waals surface area contributed by atoms with Crippen LogP contribution in [0.1, 0.15) is 12.8 Å². The summed E-state index contributed by atoms with van der Waals surface area (Å²) in [5.74, 6) is 1.81. The fourth-order valence-electron chi connectivity index (χ4n) is 1.47. The number of rotatable bonds is 6. The minimum absolute atomic E-state index is 0.175. The molecule has 1 aromatic rings. The maximum Gasteiger partial charge on any atom is 0.303 e. The fraction of sp³-hybridized carbons (Fsp3) is 0.308. The molecule has 0 aliphatic heterocycles. The Morgan fingerprint density at radius 3 is 2.62 bits per heavy atom. The first kappa shape index (κ1) is 12.1. The largest absolute Gasteiger partial charge is 0.481 e. The highest BCUT2D eigenvalue weighted by atomic mass is 16.4. The van der Waals surface area contributed by atoms with E-state index in [2.05, 4.69) is 5.92 Å². The molecule has 0 aromatic heterocycles. The summed E-state index contributed by atoms with van der Waals surface area (Å²) in [5, 5.41) is 8.57. The molecular weight excluding hydrogens is 202 g/mol. The highest BCUT2D eigenvalue weighted by Gasteiger charge is 2.05. The maximum atomic E-state index is 10.4. The van der Waals surface area contributed by atoms with Gasteiger partial charge in [-0.3, -0.25) is 4.79 Å². The van der Waals surface area contributed by atoms with Crippen molar-refractivity contribution in [2.45, 2.75) is 12.8 Å². The first-order chi connectivity index (χ1) is 7.74. The van der Waals surface area contributed by atoms with E-state index in [1.807, 2.05) is 35.2 Å². The van der Waals surface area contributed by atoms with E-state index in [4.69, 9.17) is 11.5 Å². The Morgan fingerprint density at radius 2 is 2.06 bits per heavy atom. The Kier molecular flexibility index (Phi) is 4.94. The van der Waals surface area contributed by atoms with E-state index in [1.54, 1.807) is 0 Å². The first-order valence-corrected chi connectivity index (χ1v) is 5.19. The van der Waals surface area contributed by atoms with Crippen molar-refractivity contribution in [3.63, 3.8) is 0 Å². The molecule has 84 valence electrons. The van der Waals surface area contributed by atoms with Crippen LogP contribution in [-0.2, 0) is 4.79 Å². The topological polar surface area (TPSA) is 40.5 Å². The molecule has 3 heteroatoms. The Balaban J connectivity index is 2.55. The molecule has 1 N–H and O–H groups in total. The van der Waals surface area contributed by atoms with Crippen LogP contribution < -0.4 is 4.90 Å². The molecule has 0 heterocycles. The van der Waals surface area contributed by atoms with Gasteiger partial charge in [0.05, 0.1) is 6.54 Å². The third kappa shape index (κ3) is 4.05. The maximum absolute atomic E-state index is 10.4. The Hall–Kier alpha value is -1.95. The average molecular weight is 217 g/mol. The summed E-state index contributed by atoms with van der Waals surface area (Å²) in [6.07, 6.45) is 6.07. The lowest BCUT2D eigenvalue weighted by Gasteiger charge is -2.21. The van der Waals surface area contributed by atoms with Crippen LogP contribution in [0.15, 0.2) is 30.3 Å². The molecule has 0 aliphatic carbocycles. The predicted molar refractivity (Wildman–Crippen MR) is 64.4 cm³/mol. The number of carbonyl (C=O) groups is 1. The number of para-hydroxylation sites is 1. The molecule has 0 spiro atoms. The summed E-state index contributed by atoms with van der Waals surface area (Å²) < 4.78 is 0. The molecule has 0 radical (unpaired) electrons. The van der Waals surface area contributed by atoms with Gasteiger partial charge < -0.3 is 10.0 Å². The molecule has 0 aliphatic rings. The molecule has 0 atom stereocenters. The molecule has 0 saturated carbocycles. The second-order valence-electron chi connectivity index (χ2n) is 3.46. The van der Waals surface area contributed by atoms with Gasteiger partial charge in [0, 0.05) is 18.7 Å². The number of carboxylic acids is 1. The Morgan fingerprint density at radius 1 is 1.38 bits per heavy atom. The van der Waals surface area contributed by atoms with Gasteiger partial charge in [0.25, 0.3) is 0 Å². The molecule has 0 saturated heterocycles. The number of anilines is 1. The number of hydrogen-bond acceptors (Lipinski definition) is 2. The van der Waals surface area contributed by atoms with Crippen molar-refractivity contribution in [1.82, 2.24) is 0 Å². The van der Waals surface area contributed by atoms with Crippen LogP contribution in [0.25, 0.3) is 0 Å². The summed E-state index contributed by atoms with van der Waals surface area (Å²) in [6, 6.07) is 9.76. The van der Waals surface area contributed by atoms with Crippen LogP contribution in [0.2, 0.25) is 0 Å². The van der Waals surface area contributed by atoms with Crippen molar-refractivity contribution in [2.24, 2.45) is 0 Å². The number of terminal acetylenes is 1. The summed E-state index contributed by atoms with van der Waals surface area (Å²) in [7, 11) is 0. The van der Waals surface area contributed by atoms with Crippen molar-refractivity contribution in [2.75, 3.05) is 18.0 Å². The zero-order chi connectivity index (χ0) is 11.8. The van der Waals surface area contributed by atoms with Crippen molar-refractivity contribution < 1.29 is 9.90 Å².